The van der Waals surface area contributed by atoms with Gasteiger partial charge in [-0.15, -0.1) is 0 Å². The van der Waals surface area contributed by atoms with Gasteiger partial charge in [-0.1, -0.05) is 13.8 Å². The molecule has 1 fully saturated rings. The third kappa shape index (κ3) is 3.43. The van der Waals surface area contributed by atoms with E-state index in [0.29, 0.717) is 31.2 Å². The number of cyclic esters (lactones) is 1. The first-order valence-electron chi connectivity index (χ1n) is 8.89. The maximum atomic E-state index is 12.8. The van der Waals surface area contributed by atoms with Crippen molar-refractivity contribution in [2.24, 2.45) is 5.92 Å². The van der Waals surface area contributed by atoms with Gasteiger partial charge in [0.05, 0.1) is 20.3 Å². The topological polar surface area (TPSA) is 68.3 Å². The number of methoxy groups -OCH3 is 2. The number of benzene rings is 1. The van der Waals surface area contributed by atoms with E-state index in [0.717, 1.165) is 17.5 Å². The monoisotopic (exact) mass is 362 g/mol. The molecule has 0 N–H and O–H groups in total. The summed E-state index contributed by atoms with van der Waals surface area (Å²) in [6.07, 6.45) is 0.348. The number of carbonyl (C=O) groups is 2. The Hall–Kier alpha value is -2.44. The second-order valence-electron chi connectivity index (χ2n) is 7.06. The zero-order valence-electron chi connectivity index (χ0n) is 15.8. The Bertz CT molecular complexity index is 703. The maximum Gasteiger partial charge on any atom is 0.410 e. The van der Waals surface area contributed by atoms with E-state index in [9.17, 15) is 9.59 Å². The second kappa shape index (κ2) is 7.43. The molecule has 7 heteroatoms. The number of rotatable bonds is 5. The quantitative estimate of drug-likeness (QED) is 0.802. The third-order valence-corrected chi connectivity index (χ3v) is 5.16. The Balaban J connectivity index is 1.72. The fourth-order valence-electron chi connectivity index (χ4n) is 3.54. The van der Waals surface area contributed by atoms with Gasteiger partial charge in [0.1, 0.15) is 13.2 Å². The standard InChI is InChI=1S/C19H26N2O5/c1-12(2)15-11-26-19(23)21(15)10-18(22)20-6-5-13-7-16(24-3)17(25-4)8-14(13)9-20/h7-8,12,15H,5-6,9-11H2,1-4H3/t15-/m1/s1. The molecule has 0 spiro atoms. The summed E-state index contributed by atoms with van der Waals surface area (Å²) in [5.74, 6) is 1.54. The molecule has 3 rings (SSSR count). The summed E-state index contributed by atoms with van der Waals surface area (Å²) in [5.41, 5.74) is 2.21. The molecule has 2 heterocycles. The van der Waals surface area contributed by atoms with Gasteiger partial charge in [-0.25, -0.2) is 4.79 Å². The zero-order valence-corrected chi connectivity index (χ0v) is 15.8. The molecule has 2 amide bonds. The van der Waals surface area contributed by atoms with Crippen molar-refractivity contribution < 1.29 is 23.8 Å². The van der Waals surface area contributed by atoms with Crippen molar-refractivity contribution in [1.82, 2.24) is 9.80 Å². The van der Waals surface area contributed by atoms with Gasteiger partial charge in [0.2, 0.25) is 5.91 Å². The predicted octanol–water partition coefficient (Wildman–Crippen LogP) is 2.07. The molecule has 0 aromatic heterocycles. The predicted molar refractivity (Wildman–Crippen MR) is 95.3 cm³/mol. The highest BCUT2D eigenvalue weighted by Gasteiger charge is 2.37. The molecule has 7 nitrogen and oxygen atoms in total. The van der Waals surface area contributed by atoms with E-state index in [1.807, 2.05) is 26.0 Å². The van der Waals surface area contributed by atoms with Crippen LogP contribution in [0.4, 0.5) is 4.79 Å². The number of hydrogen-bond acceptors (Lipinski definition) is 5. The lowest BCUT2D eigenvalue weighted by Crippen LogP contribution is -2.46. The highest BCUT2D eigenvalue weighted by atomic mass is 16.6. The molecule has 1 saturated heterocycles. The number of amides is 2. The number of carbonyl (C=O) groups excluding carboxylic acids is 2. The highest BCUT2D eigenvalue weighted by Crippen LogP contribution is 2.33. The van der Waals surface area contributed by atoms with Crippen LogP contribution in [0, 0.1) is 5.92 Å². The minimum Gasteiger partial charge on any atom is -0.493 e. The third-order valence-electron chi connectivity index (χ3n) is 5.16. The van der Waals surface area contributed by atoms with Crippen molar-refractivity contribution in [3.8, 4) is 11.5 Å². The van der Waals surface area contributed by atoms with Gasteiger partial charge in [0.25, 0.3) is 0 Å². The summed E-state index contributed by atoms with van der Waals surface area (Å²) in [7, 11) is 3.21. The minimum absolute atomic E-state index is 0.0483. The van der Waals surface area contributed by atoms with Crippen LogP contribution in [0.15, 0.2) is 12.1 Å². The van der Waals surface area contributed by atoms with Gasteiger partial charge < -0.3 is 19.1 Å². The van der Waals surface area contributed by atoms with Gasteiger partial charge >= 0.3 is 6.09 Å². The van der Waals surface area contributed by atoms with Crippen LogP contribution in [-0.4, -0.2) is 61.8 Å². The Morgan fingerprint density at radius 3 is 2.50 bits per heavy atom. The highest BCUT2D eigenvalue weighted by molar-refractivity contribution is 5.83. The minimum atomic E-state index is -0.402. The van der Waals surface area contributed by atoms with Crippen LogP contribution in [-0.2, 0) is 22.5 Å². The lowest BCUT2D eigenvalue weighted by molar-refractivity contribution is -0.133. The largest absolute Gasteiger partial charge is 0.493 e. The summed E-state index contributed by atoms with van der Waals surface area (Å²) in [4.78, 5) is 28.1. The van der Waals surface area contributed by atoms with Gasteiger partial charge in [-0.3, -0.25) is 9.69 Å². The molecular weight excluding hydrogens is 336 g/mol. The van der Waals surface area contributed by atoms with E-state index < -0.39 is 6.09 Å². The second-order valence-corrected chi connectivity index (χ2v) is 7.06. The van der Waals surface area contributed by atoms with E-state index in [1.165, 1.54) is 0 Å². The molecular formula is C19H26N2O5. The molecule has 1 aromatic carbocycles. The van der Waals surface area contributed by atoms with E-state index in [1.54, 1.807) is 24.0 Å². The summed E-state index contributed by atoms with van der Waals surface area (Å²) in [5, 5.41) is 0. The molecule has 1 atom stereocenters. The van der Waals surface area contributed by atoms with Crippen molar-refractivity contribution >= 4 is 12.0 Å². The van der Waals surface area contributed by atoms with E-state index in [4.69, 9.17) is 14.2 Å². The summed E-state index contributed by atoms with van der Waals surface area (Å²) >= 11 is 0. The van der Waals surface area contributed by atoms with E-state index in [-0.39, 0.29) is 24.4 Å². The lowest BCUT2D eigenvalue weighted by atomic mass is 9.98. The van der Waals surface area contributed by atoms with Gasteiger partial charge in [-0.05, 0) is 35.6 Å². The molecule has 1 aromatic rings. The number of ether oxygens (including phenoxy) is 3. The summed E-state index contributed by atoms with van der Waals surface area (Å²) < 4.78 is 15.8. The van der Waals surface area contributed by atoms with Crippen LogP contribution in [0.2, 0.25) is 0 Å². The Labute approximate surface area is 153 Å². The zero-order chi connectivity index (χ0) is 18.8. The average Bonchev–Trinajstić information content (AvgIpc) is 3.00. The maximum absolute atomic E-state index is 12.8. The molecule has 26 heavy (non-hydrogen) atoms. The molecule has 2 aliphatic rings. The van der Waals surface area contributed by atoms with Crippen LogP contribution in [0.1, 0.15) is 25.0 Å². The first-order valence-corrected chi connectivity index (χ1v) is 8.89. The van der Waals surface area contributed by atoms with Crippen molar-refractivity contribution in [3.05, 3.63) is 23.3 Å². The van der Waals surface area contributed by atoms with Gasteiger partial charge in [0, 0.05) is 13.1 Å². The molecule has 142 valence electrons. The summed E-state index contributed by atoms with van der Waals surface area (Å²) in [6, 6.07) is 3.85. The lowest BCUT2D eigenvalue weighted by Gasteiger charge is -2.32. The SMILES string of the molecule is COc1cc2c(cc1OC)CN(C(=O)CN1C(=O)OC[C@@H]1C(C)C)CC2. The van der Waals surface area contributed by atoms with Crippen LogP contribution in [0.5, 0.6) is 11.5 Å². The molecule has 0 radical (unpaired) electrons. The van der Waals surface area contributed by atoms with E-state index in [2.05, 4.69) is 0 Å². The number of nitrogens with zero attached hydrogens (tertiary/aromatic N) is 2. The average molecular weight is 362 g/mol. The van der Waals surface area contributed by atoms with Gasteiger partial charge in [-0.2, -0.15) is 0 Å². The van der Waals surface area contributed by atoms with Crippen LogP contribution >= 0.6 is 0 Å². The molecule has 0 unspecified atom stereocenters. The smallest absolute Gasteiger partial charge is 0.410 e. The van der Waals surface area contributed by atoms with Gasteiger partial charge in [0.15, 0.2) is 11.5 Å². The first kappa shape index (κ1) is 18.4. The molecule has 0 bridgehead atoms. The number of fused-ring (bicyclic) bond motifs is 1. The molecule has 2 aliphatic heterocycles. The Morgan fingerprint density at radius 1 is 1.23 bits per heavy atom. The summed E-state index contributed by atoms with van der Waals surface area (Å²) in [6.45, 7) is 5.59. The van der Waals surface area contributed by atoms with Crippen LogP contribution < -0.4 is 9.47 Å². The van der Waals surface area contributed by atoms with Crippen LogP contribution in [0.25, 0.3) is 0 Å². The first-order chi connectivity index (χ1) is 12.4. The molecule has 0 saturated carbocycles. The Morgan fingerprint density at radius 2 is 1.88 bits per heavy atom. The van der Waals surface area contributed by atoms with Crippen molar-refractivity contribution in [2.45, 2.75) is 32.9 Å². The molecule has 0 aliphatic carbocycles. The van der Waals surface area contributed by atoms with E-state index >= 15 is 0 Å². The normalized spacial score (nSPS) is 19.4. The fraction of sp³-hybridized carbons (Fsp3) is 0.579. The van der Waals surface area contributed by atoms with Crippen molar-refractivity contribution in [2.75, 3.05) is 33.9 Å². The Kier molecular flexibility index (Phi) is 5.25. The number of hydrogen-bond donors (Lipinski definition) is 0. The fourth-order valence-corrected chi connectivity index (χ4v) is 3.54. The van der Waals surface area contributed by atoms with Crippen molar-refractivity contribution in [1.29, 1.82) is 0 Å². The van der Waals surface area contributed by atoms with Crippen molar-refractivity contribution in [3.63, 3.8) is 0 Å². The van der Waals surface area contributed by atoms with Crippen LogP contribution in [0.3, 0.4) is 0 Å².